The highest BCUT2D eigenvalue weighted by Gasteiger charge is 2.53. The van der Waals surface area contributed by atoms with Gasteiger partial charge in [-0.25, -0.2) is 4.99 Å². The maximum atomic E-state index is 15.3. The summed E-state index contributed by atoms with van der Waals surface area (Å²) in [7, 11) is 6.86. The van der Waals surface area contributed by atoms with Crippen LogP contribution in [0.2, 0.25) is 0 Å². The van der Waals surface area contributed by atoms with Crippen LogP contribution in [0.15, 0.2) is 71.7 Å². The zero-order chi connectivity index (χ0) is 74.3. The Balaban J connectivity index is 1.28. The monoisotopic (exact) mass is 1400 g/mol. The Hall–Kier alpha value is -6.27. The smallest absolute Gasteiger partial charge is 0.325 e. The first kappa shape index (κ1) is 82.7. The number of carboxylic acids is 1. The molecule has 19 unspecified atom stereocenters. The van der Waals surface area contributed by atoms with Crippen molar-refractivity contribution in [3.63, 3.8) is 0 Å². The molecule has 0 saturated carbocycles. The van der Waals surface area contributed by atoms with Crippen LogP contribution in [-0.4, -0.2) is 248 Å². The van der Waals surface area contributed by atoms with Crippen LogP contribution in [0.3, 0.4) is 0 Å². The lowest BCUT2D eigenvalue weighted by atomic mass is 9.77. The van der Waals surface area contributed by atoms with E-state index in [1.54, 1.807) is 109 Å². The Morgan fingerprint density at radius 3 is 2.15 bits per heavy atom. The number of amides is 3. The Labute approximate surface area is 590 Å². The Morgan fingerprint density at radius 2 is 1.53 bits per heavy atom. The van der Waals surface area contributed by atoms with Gasteiger partial charge in [0.25, 0.3) is 5.91 Å². The third-order valence-corrected chi connectivity index (χ3v) is 20.2. The first-order valence-corrected chi connectivity index (χ1v) is 35.4. The molecule has 6 rings (SSSR count). The van der Waals surface area contributed by atoms with Crippen LogP contribution in [0.4, 0.5) is 0 Å². The average Bonchev–Trinajstić information content (AvgIpc) is 0.900. The fourth-order valence-electron chi connectivity index (χ4n) is 14.2. The number of aliphatic imine (C=N–C) groups is 1. The average molecular weight is 1410 g/mol. The van der Waals surface area contributed by atoms with Gasteiger partial charge in [-0.3, -0.25) is 38.6 Å². The number of esters is 1. The summed E-state index contributed by atoms with van der Waals surface area (Å²) in [4.78, 5) is 92.9. The van der Waals surface area contributed by atoms with Crippen molar-refractivity contribution in [2.75, 3.05) is 60.5 Å². The van der Waals surface area contributed by atoms with E-state index in [0.29, 0.717) is 35.4 Å². The van der Waals surface area contributed by atoms with Gasteiger partial charge in [-0.2, -0.15) is 0 Å². The molecule has 26 heteroatoms. The van der Waals surface area contributed by atoms with Gasteiger partial charge in [0.1, 0.15) is 42.6 Å². The fourth-order valence-corrected chi connectivity index (χ4v) is 14.2. The van der Waals surface area contributed by atoms with Crippen LogP contribution in [0.25, 0.3) is 0 Å². The molecule has 0 radical (unpaired) electrons. The number of hydrogen-bond donors (Lipinski definition) is 9. The van der Waals surface area contributed by atoms with Crippen molar-refractivity contribution in [2.24, 2.45) is 35.7 Å². The van der Waals surface area contributed by atoms with Crippen molar-refractivity contribution in [1.82, 2.24) is 35.2 Å². The molecule has 0 spiro atoms. The van der Waals surface area contributed by atoms with Gasteiger partial charge >= 0.3 is 11.9 Å². The number of methoxy groups -OCH3 is 1. The number of aryl methyl sites for hydroxylation is 1. The summed E-state index contributed by atoms with van der Waals surface area (Å²) in [6.07, 6.45) is -9.77. The number of aliphatic carboxylic acids is 1. The molecule has 3 aromatic rings. The van der Waals surface area contributed by atoms with Gasteiger partial charge in [0.2, 0.25) is 23.6 Å². The number of ether oxygens (including phenoxy) is 6. The number of nitrogens with zero attached hydrogens (tertiary/aromatic N) is 5. The van der Waals surface area contributed by atoms with E-state index < -0.39 is 151 Å². The zero-order valence-corrected chi connectivity index (χ0v) is 61.9. The maximum Gasteiger partial charge on any atom is 0.325 e. The molecule has 3 fully saturated rings. The minimum atomic E-state index is -2.07. The Morgan fingerprint density at radius 1 is 0.860 bits per heavy atom. The highest BCUT2D eigenvalue weighted by Crippen LogP contribution is 2.41. The molecule has 3 amide bonds. The molecule has 1 aromatic heterocycles. The lowest BCUT2D eigenvalue weighted by Crippen LogP contribution is -2.60. The highest BCUT2D eigenvalue weighted by atomic mass is 16.7. The van der Waals surface area contributed by atoms with Crippen molar-refractivity contribution in [2.45, 2.75) is 238 Å². The number of benzene rings is 2. The van der Waals surface area contributed by atoms with Gasteiger partial charge in [0, 0.05) is 82.4 Å². The molecule has 4 heterocycles. The SMILES string of the molecule is CCC1OC(=O)C(C)C(OC2CC(C)(OC)C(O)C(C)O2)C(C)C(OC2OC(C)CC(N(C)C)C2O)C(C)(O)CC(C)CN(CCCNC(=NCC(=O)O)N(CCC(C)C)C(=O)C(Cc2ccccc2)NC(=O)CNC(=O)Cc2ccc(C(=O)c3ccc(C)cc3)n2C)C(C)C(O)C1(C)O. The number of ketones is 1. The number of nitrogens with one attached hydrogen (secondary N) is 3. The van der Waals surface area contributed by atoms with Gasteiger partial charge < -0.3 is 84.5 Å². The van der Waals surface area contributed by atoms with E-state index >= 15 is 4.79 Å². The van der Waals surface area contributed by atoms with E-state index in [1.807, 2.05) is 76.7 Å². The number of rotatable bonds is 26. The summed E-state index contributed by atoms with van der Waals surface area (Å²) in [5.41, 5.74) is -1.89. The first-order valence-electron chi connectivity index (χ1n) is 35.4. The minimum absolute atomic E-state index is 0.00749. The van der Waals surface area contributed by atoms with E-state index in [1.165, 1.54) is 18.9 Å². The molecular formula is C74H116N8O18. The molecule has 2 aromatic carbocycles. The van der Waals surface area contributed by atoms with Crippen molar-refractivity contribution in [3.8, 4) is 0 Å². The topological polar surface area (TPSA) is 342 Å². The standard InChI is InChI=1S/C74H116N8O18/c1-18-57-74(13,94)65(89)49(9)81(42-45(5)38-72(11,93)67(100-70-63(88)56(79(14)15)35-46(6)96-70)47(7)64(48(8)69(92)98-57)99-61-39-73(12,95-17)66(90)50(10)97-61)33-22-32-75-71(77-41-60(85)86)82(34-31-43(2)3)68(91)54(36-51-23-20-19-21-24-51)78-59(84)40-76-58(83)37-53-29-30-55(80(53)16)62(87)52-27-25-44(4)26-28-52/h19-21,23-30,43,45-50,54,56-57,61,63-67,70,88-90,93-94H,18,22,31-42H2,1-17H3,(H,75,77)(H,76,83)(H,78,84)(H,85,86). The van der Waals surface area contributed by atoms with Gasteiger partial charge in [-0.1, -0.05) is 94.8 Å². The van der Waals surface area contributed by atoms with Gasteiger partial charge in [0.15, 0.2) is 12.6 Å². The molecule has 100 heavy (non-hydrogen) atoms. The van der Waals surface area contributed by atoms with Crippen molar-refractivity contribution >= 4 is 41.4 Å². The summed E-state index contributed by atoms with van der Waals surface area (Å²) < 4.78 is 40.1. The largest absolute Gasteiger partial charge is 0.480 e. The molecule has 3 saturated heterocycles. The van der Waals surface area contributed by atoms with Gasteiger partial charge in [-0.05, 0) is 131 Å². The van der Waals surface area contributed by atoms with E-state index in [4.69, 9.17) is 28.4 Å². The predicted molar refractivity (Wildman–Crippen MR) is 376 cm³/mol. The second kappa shape index (κ2) is 36.7. The third-order valence-electron chi connectivity index (χ3n) is 20.2. The van der Waals surface area contributed by atoms with Crippen LogP contribution < -0.4 is 16.0 Å². The molecule has 9 N–H and O–H groups in total. The van der Waals surface area contributed by atoms with Crippen molar-refractivity contribution in [1.29, 1.82) is 0 Å². The fraction of sp³-hybridized carbons (Fsp3) is 0.689. The van der Waals surface area contributed by atoms with Gasteiger partial charge in [-0.15, -0.1) is 0 Å². The molecule has 0 bridgehead atoms. The third kappa shape index (κ3) is 21.9. The van der Waals surface area contributed by atoms with E-state index in [0.717, 1.165) is 5.56 Å². The number of hydrogen-bond acceptors (Lipinski definition) is 20. The van der Waals surface area contributed by atoms with Gasteiger partial charge in [0.05, 0.1) is 60.2 Å². The van der Waals surface area contributed by atoms with Crippen LogP contribution in [0, 0.1) is 30.6 Å². The van der Waals surface area contributed by atoms with Crippen molar-refractivity contribution in [3.05, 3.63) is 94.8 Å². The predicted octanol–water partition coefficient (Wildman–Crippen LogP) is 4.53. The number of aliphatic hydroxyl groups is 5. The molecule has 3 aliphatic rings. The number of guanidine groups is 1. The molecule has 19 atom stereocenters. The summed E-state index contributed by atoms with van der Waals surface area (Å²) in [6, 6.07) is 17.0. The lowest BCUT2D eigenvalue weighted by Gasteiger charge is -2.48. The normalized spacial score (nSPS) is 31.7. The molecule has 0 aliphatic carbocycles. The van der Waals surface area contributed by atoms with Crippen LogP contribution in [0.5, 0.6) is 0 Å². The van der Waals surface area contributed by atoms with Crippen LogP contribution in [0.1, 0.15) is 154 Å². The number of aromatic nitrogens is 1. The molecule has 560 valence electrons. The minimum Gasteiger partial charge on any atom is -0.480 e. The molecule has 3 aliphatic heterocycles. The Bertz CT molecular complexity index is 3180. The molecule has 26 nitrogen and oxygen atoms in total. The number of carboxylic acid groups (broad SMARTS) is 1. The highest BCUT2D eigenvalue weighted by molar-refractivity contribution is 6.08. The molecular weight excluding hydrogens is 1290 g/mol. The van der Waals surface area contributed by atoms with Crippen LogP contribution >= 0.6 is 0 Å². The number of carbonyl (C=O) groups excluding carboxylic acids is 5. The van der Waals surface area contributed by atoms with E-state index in [-0.39, 0.29) is 88.5 Å². The number of likely N-dealkylation sites (N-methyl/N-ethyl adjacent to an activating group) is 1. The summed E-state index contributed by atoms with van der Waals surface area (Å²) in [5, 5.41) is 80.2. The van der Waals surface area contributed by atoms with Crippen molar-refractivity contribution < 1.29 is 87.8 Å². The quantitative estimate of drug-likeness (QED) is 0.0175. The Kier molecular flexibility index (Phi) is 30.4. The zero-order valence-electron chi connectivity index (χ0n) is 61.9. The van der Waals surface area contributed by atoms with E-state index in [9.17, 15) is 54.6 Å². The summed E-state index contributed by atoms with van der Waals surface area (Å²) in [6.45, 7) is 22.2. The summed E-state index contributed by atoms with van der Waals surface area (Å²) in [5.74, 6) is -6.63. The number of aliphatic hydroxyl groups excluding tert-OH is 3. The first-order chi connectivity index (χ1) is 46.9. The maximum absolute atomic E-state index is 15.3. The summed E-state index contributed by atoms with van der Waals surface area (Å²) >= 11 is 0. The van der Waals surface area contributed by atoms with E-state index in [2.05, 4.69) is 20.9 Å². The number of carbonyl (C=O) groups is 6. The lowest BCUT2D eigenvalue weighted by molar-refractivity contribution is -0.318. The second-order valence-corrected chi connectivity index (χ2v) is 29.4. The number of cyclic esters (lactones) is 1. The van der Waals surface area contributed by atoms with Crippen LogP contribution in [-0.2, 0) is 72.3 Å². The second-order valence-electron chi connectivity index (χ2n) is 29.4.